The second-order valence-corrected chi connectivity index (χ2v) is 6.73. The molecule has 0 bridgehead atoms. The zero-order valence-corrected chi connectivity index (χ0v) is 15.9. The number of rotatable bonds is 6. The van der Waals surface area contributed by atoms with Crippen LogP contribution < -0.4 is 10.9 Å². The van der Waals surface area contributed by atoms with Crippen molar-refractivity contribution in [1.82, 2.24) is 24.3 Å². The third-order valence-electron chi connectivity index (χ3n) is 4.59. The number of para-hydroxylation sites is 1. The largest absolute Gasteiger partial charge is 0.309 e. The number of hydrogen-bond acceptors (Lipinski definition) is 5. The molecule has 1 aromatic carbocycles. The van der Waals surface area contributed by atoms with E-state index in [0.29, 0.717) is 23.3 Å². The molecule has 0 radical (unpaired) electrons. The summed E-state index contributed by atoms with van der Waals surface area (Å²) < 4.78 is 3.17. The number of benzene rings is 1. The number of carbonyl (C=O) groups is 1. The van der Waals surface area contributed by atoms with E-state index in [9.17, 15) is 9.59 Å². The number of carbonyl (C=O) groups excluding carboxylic acids is 1. The Bertz CT molecular complexity index is 1210. The van der Waals surface area contributed by atoms with E-state index in [4.69, 9.17) is 0 Å². The summed E-state index contributed by atoms with van der Waals surface area (Å²) in [5.74, 6) is 0.245. The Labute approximate surface area is 166 Å². The van der Waals surface area contributed by atoms with Gasteiger partial charge in [-0.2, -0.15) is 5.10 Å². The first kappa shape index (κ1) is 18.5. The number of aryl methyl sites for hydroxylation is 2. The van der Waals surface area contributed by atoms with Gasteiger partial charge in [0.1, 0.15) is 0 Å². The van der Waals surface area contributed by atoms with Gasteiger partial charge in [-0.15, -0.1) is 0 Å². The lowest BCUT2D eigenvalue weighted by Crippen LogP contribution is -2.24. The van der Waals surface area contributed by atoms with Crippen LogP contribution in [-0.2, 0) is 17.9 Å². The number of fused-ring (bicyclic) bond motifs is 1. The molecule has 1 N–H and O–H groups in total. The summed E-state index contributed by atoms with van der Waals surface area (Å²) in [5.41, 5.74) is 2.38. The van der Waals surface area contributed by atoms with E-state index in [2.05, 4.69) is 20.4 Å². The molecule has 8 nitrogen and oxygen atoms in total. The molecule has 0 saturated carbocycles. The van der Waals surface area contributed by atoms with Crippen LogP contribution in [0.4, 0.5) is 5.82 Å². The maximum atomic E-state index is 12.6. The average molecular weight is 388 g/mol. The number of aromatic nitrogens is 5. The first-order chi connectivity index (χ1) is 14.1. The van der Waals surface area contributed by atoms with Crippen molar-refractivity contribution in [3.8, 4) is 0 Å². The van der Waals surface area contributed by atoms with Crippen LogP contribution in [-0.4, -0.2) is 30.2 Å². The van der Waals surface area contributed by atoms with Gasteiger partial charge in [-0.3, -0.25) is 23.8 Å². The van der Waals surface area contributed by atoms with E-state index in [-0.39, 0.29) is 24.4 Å². The van der Waals surface area contributed by atoms with Gasteiger partial charge in [0.05, 0.1) is 29.5 Å². The lowest BCUT2D eigenvalue weighted by atomic mass is 10.1. The van der Waals surface area contributed by atoms with E-state index in [1.54, 1.807) is 29.2 Å². The summed E-state index contributed by atoms with van der Waals surface area (Å²) in [5, 5.41) is 7.65. The van der Waals surface area contributed by atoms with E-state index in [1.165, 1.54) is 10.9 Å². The maximum Gasteiger partial charge on any atom is 0.261 e. The van der Waals surface area contributed by atoms with Gasteiger partial charge in [0.15, 0.2) is 5.82 Å². The molecule has 4 aromatic rings. The molecule has 0 atom stereocenters. The molecule has 0 fully saturated rings. The number of pyridine rings is 1. The molecular formula is C21H20N6O2. The van der Waals surface area contributed by atoms with Gasteiger partial charge < -0.3 is 5.32 Å². The fourth-order valence-corrected chi connectivity index (χ4v) is 3.10. The van der Waals surface area contributed by atoms with E-state index in [1.807, 2.05) is 37.3 Å². The standard InChI is InChI=1S/C21H20N6O2/c1-15-5-4-7-17-20(15)23-14-26(21(17)29)11-9-19(28)24-18-8-12-27(25-18)13-16-6-2-3-10-22-16/h2-8,10,12,14H,9,11,13H2,1H3,(H,24,25,28). The average Bonchev–Trinajstić information content (AvgIpc) is 3.15. The summed E-state index contributed by atoms with van der Waals surface area (Å²) in [4.78, 5) is 33.5. The normalized spacial score (nSPS) is 10.9. The number of hydrogen-bond donors (Lipinski definition) is 1. The lowest BCUT2D eigenvalue weighted by Gasteiger charge is -2.07. The Balaban J connectivity index is 1.38. The highest BCUT2D eigenvalue weighted by Gasteiger charge is 2.09. The quantitative estimate of drug-likeness (QED) is 0.547. The van der Waals surface area contributed by atoms with Gasteiger partial charge in [0.25, 0.3) is 5.56 Å². The molecule has 4 rings (SSSR count). The maximum absolute atomic E-state index is 12.6. The van der Waals surface area contributed by atoms with Gasteiger partial charge >= 0.3 is 0 Å². The Morgan fingerprint density at radius 1 is 1.10 bits per heavy atom. The zero-order valence-electron chi connectivity index (χ0n) is 15.9. The minimum atomic E-state index is -0.218. The van der Waals surface area contributed by atoms with Crippen molar-refractivity contribution >= 4 is 22.6 Å². The molecule has 3 aromatic heterocycles. The van der Waals surface area contributed by atoms with Crippen molar-refractivity contribution in [3.63, 3.8) is 0 Å². The van der Waals surface area contributed by atoms with Crippen LogP contribution >= 0.6 is 0 Å². The molecule has 3 heterocycles. The van der Waals surface area contributed by atoms with Crippen molar-refractivity contribution in [1.29, 1.82) is 0 Å². The fraction of sp³-hybridized carbons (Fsp3) is 0.190. The zero-order chi connectivity index (χ0) is 20.2. The number of anilines is 1. The molecular weight excluding hydrogens is 368 g/mol. The van der Waals surface area contributed by atoms with Crippen LogP contribution in [0.1, 0.15) is 17.7 Å². The van der Waals surface area contributed by atoms with Gasteiger partial charge in [-0.25, -0.2) is 4.98 Å². The highest BCUT2D eigenvalue weighted by Crippen LogP contribution is 2.11. The van der Waals surface area contributed by atoms with Gasteiger partial charge in [0.2, 0.25) is 5.91 Å². The molecule has 8 heteroatoms. The molecule has 0 saturated heterocycles. The third-order valence-corrected chi connectivity index (χ3v) is 4.59. The monoisotopic (exact) mass is 388 g/mol. The summed E-state index contributed by atoms with van der Waals surface area (Å²) in [7, 11) is 0. The Kier molecular flexibility index (Phi) is 5.15. The summed E-state index contributed by atoms with van der Waals surface area (Å²) in [6.07, 6.45) is 5.15. The Hall–Kier alpha value is -3.81. The Morgan fingerprint density at radius 3 is 2.83 bits per heavy atom. The minimum Gasteiger partial charge on any atom is -0.309 e. The van der Waals surface area contributed by atoms with Crippen molar-refractivity contribution in [2.45, 2.75) is 26.4 Å². The van der Waals surface area contributed by atoms with E-state index in [0.717, 1.165) is 11.3 Å². The smallest absolute Gasteiger partial charge is 0.261 e. The van der Waals surface area contributed by atoms with Crippen LogP contribution in [0.25, 0.3) is 10.9 Å². The van der Waals surface area contributed by atoms with Crippen molar-refractivity contribution in [2.75, 3.05) is 5.32 Å². The van der Waals surface area contributed by atoms with Crippen molar-refractivity contribution in [3.05, 3.63) is 82.8 Å². The SMILES string of the molecule is Cc1cccc2c(=O)n(CCC(=O)Nc3ccn(Cc4ccccn4)n3)cnc12. The molecule has 0 unspecified atom stereocenters. The summed E-state index contributed by atoms with van der Waals surface area (Å²) >= 11 is 0. The predicted octanol–water partition coefficient (Wildman–Crippen LogP) is 2.37. The van der Waals surface area contributed by atoms with Gasteiger partial charge in [-0.1, -0.05) is 18.2 Å². The van der Waals surface area contributed by atoms with Gasteiger partial charge in [-0.05, 0) is 30.7 Å². The molecule has 0 aliphatic heterocycles. The first-order valence-electron chi connectivity index (χ1n) is 9.28. The predicted molar refractivity (Wildman–Crippen MR) is 110 cm³/mol. The molecule has 1 amide bonds. The van der Waals surface area contributed by atoms with E-state index < -0.39 is 0 Å². The third kappa shape index (κ3) is 4.21. The van der Waals surface area contributed by atoms with Crippen LogP contribution in [0.3, 0.4) is 0 Å². The first-order valence-corrected chi connectivity index (χ1v) is 9.28. The van der Waals surface area contributed by atoms with Crippen LogP contribution in [0.15, 0.2) is 66.0 Å². The number of nitrogens with zero attached hydrogens (tertiary/aromatic N) is 5. The van der Waals surface area contributed by atoms with Crippen LogP contribution in [0.5, 0.6) is 0 Å². The van der Waals surface area contributed by atoms with Crippen molar-refractivity contribution < 1.29 is 4.79 Å². The molecule has 0 aliphatic carbocycles. The van der Waals surface area contributed by atoms with Crippen LogP contribution in [0, 0.1) is 6.92 Å². The highest BCUT2D eigenvalue weighted by atomic mass is 16.2. The topological polar surface area (TPSA) is 94.7 Å². The molecule has 29 heavy (non-hydrogen) atoms. The molecule has 0 aliphatic rings. The van der Waals surface area contributed by atoms with Gasteiger partial charge in [0, 0.05) is 31.4 Å². The molecule has 146 valence electrons. The Morgan fingerprint density at radius 2 is 2.00 bits per heavy atom. The van der Waals surface area contributed by atoms with Crippen molar-refractivity contribution in [2.24, 2.45) is 0 Å². The number of nitrogens with one attached hydrogen (secondary N) is 1. The minimum absolute atomic E-state index is 0.145. The van der Waals surface area contributed by atoms with Crippen LogP contribution in [0.2, 0.25) is 0 Å². The summed E-state index contributed by atoms with van der Waals surface area (Å²) in [6, 6.07) is 12.9. The fourth-order valence-electron chi connectivity index (χ4n) is 3.10. The summed E-state index contributed by atoms with van der Waals surface area (Å²) in [6.45, 7) is 2.68. The lowest BCUT2D eigenvalue weighted by molar-refractivity contribution is -0.116. The molecule has 0 spiro atoms. The second kappa shape index (κ2) is 8.05. The highest BCUT2D eigenvalue weighted by molar-refractivity contribution is 5.89. The number of amides is 1. The van der Waals surface area contributed by atoms with E-state index >= 15 is 0 Å². The second-order valence-electron chi connectivity index (χ2n) is 6.73.